The molecule has 2 N–H and O–H groups in total. The van der Waals surface area contributed by atoms with Crippen molar-refractivity contribution in [1.82, 2.24) is 5.32 Å². The summed E-state index contributed by atoms with van der Waals surface area (Å²) in [6, 6.07) is 0. The molecule has 1 aliphatic carbocycles. The average molecular weight is 131 g/mol. The fourth-order valence-corrected chi connectivity index (χ4v) is 0.611. The summed E-state index contributed by atoms with van der Waals surface area (Å²) in [5, 5.41) is 10.0. The van der Waals surface area contributed by atoms with Crippen LogP contribution in [-0.2, 0) is 4.79 Å². The van der Waals surface area contributed by atoms with Crippen molar-refractivity contribution in [3.05, 3.63) is 0 Å². The lowest BCUT2D eigenvalue weighted by molar-refractivity contribution is -0.122. The van der Waals surface area contributed by atoms with Crippen LogP contribution in [0.3, 0.4) is 0 Å². The number of hydrogen-bond donors (Lipinski definition) is 2. The maximum absolute atomic E-state index is 8.36. The maximum atomic E-state index is 8.36. The molecule has 0 saturated heterocycles. The zero-order chi connectivity index (χ0) is 7.11. The fraction of sp³-hybridized carbons (Fsp3) is 0.833. The second-order valence-electron chi connectivity index (χ2n) is 2.11. The lowest BCUT2D eigenvalue weighted by atomic mass is 10.4. The van der Waals surface area contributed by atoms with E-state index in [1.54, 1.807) is 0 Å². The van der Waals surface area contributed by atoms with E-state index in [-0.39, 0.29) is 6.47 Å². The average Bonchev–Trinajstić information content (AvgIpc) is 2.53. The molecule has 54 valence electrons. The van der Waals surface area contributed by atoms with E-state index >= 15 is 0 Å². The van der Waals surface area contributed by atoms with E-state index in [2.05, 4.69) is 5.32 Å². The molecule has 1 aliphatic rings. The minimum Gasteiger partial charge on any atom is -0.483 e. The number of carbonyl (C=O) groups is 1. The molecule has 0 aliphatic heterocycles. The van der Waals surface area contributed by atoms with Gasteiger partial charge >= 0.3 is 0 Å². The summed E-state index contributed by atoms with van der Waals surface area (Å²) < 4.78 is 0. The molecule has 0 aromatic rings. The highest BCUT2D eigenvalue weighted by atomic mass is 16.3. The summed E-state index contributed by atoms with van der Waals surface area (Å²) in [7, 11) is 2.01. The third kappa shape index (κ3) is 7.43. The number of rotatable bonds is 2. The van der Waals surface area contributed by atoms with Crippen LogP contribution < -0.4 is 5.32 Å². The van der Waals surface area contributed by atoms with Crippen LogP contribution in [0.2, 0.25) is 0 Å². The predicted octanol–water partition coefficient (Wildman–Crippen LogP) is 0.317. The van der Waals surface area contributed by atoms with Crippen molar-refractivity contribution in [3.63, 3.8) is 0 Å². The van der Waals surface area contributed by atoms with Crippen LogP contribution in [0, 0.1) is 5.92 Å². The van der Waals surface area contributed by atoms with Crippen LogP contribution in [0.15, 0.2) is 0 Å². The van der Waals surface area contributed by atoms with Crippen molar-refractivity contribution in [3.8, 4) is 0 Å². The number of carboxylic acid groups (broad SMARTS) is 1. The normalized spacial score (nSPS) is 15.7. The largest absolute Gasteiger partial charge is 0.483 e. The van der Waals surface area contributed by atoms with Gasteiger partial charge in [-0.2, -0.15) is 0 Å². The first kappa shape index (κ1) is 8.43. The van der Waals surface area contributed by atoms with Crippen molar-refractivity contribution in [1.29, 1.82) is 0 Å². The van der Waals surface area contributed by atoms with Crippen molar-refractivity contribution >= 4 is 6.47 Å². The van der Waals surface area contributed by atoms with Crippen molar-refractivity contribution in [2.45, 2.75) is 12.8 Å². The zero-order valence-corrected chi connectivity index (χ0v) is 5.63. The minimum absolute atomic E-state index is 0.250. The molecule has 0 aromatic carbocycles. The van der Waals surface area contributed by atoms with Crippen LogP contribution >= 0.6 is 0 Å². The van der Waals surface area contributed by atoms with Gasteiger partial charge in [-0.3, -0.25) is 4.79 Å². The highest BCUT2D eigenvalue weighted by Gasteiger charge is 2.18. The Balaban J connectivity index is 0.000000187. The van der Waals surface area contributed by atoms with Gasteiger partial charge in [0, 0.05) is 0 Å². The molecule has 0 bridgehead atoms. The van der Waals surface area contributed by atoms with Gasteiger partial charge in [0.25, 0.3) is 6.47 Å². The summed E-state index contributed by atoms with van der Waals surface area (Å²) >= 11 is 0. The Hall–Kier alpha value is -0.570. The van der Waals surface area contributed by atoms with E-state index in [0.717, 1.165) is 5.92 Å². The van der Waals surface area contributed by atoms with E-state index in [0.29, 0.717) is 0 Å². The minimum atomic E-state index is -0.250. The Morgan fingerprint density at radius 1 is 1.78 bits per heavy atom. The molecule has 0 radical (unpaired) electrons. The van der Waals surface area contributed by atoms with E-state index in [1.165, 1.54) is 19.4 Å². The van der Waals surface area contributed by atoms with Crippen LogP contribution in [0.25, 0.3) is 0 Å². The van der Waals surface area contributed by atoms with Gasteiger partial charge < -0.3 is 10.4 Å². The van der Waals surface area contributed by atoms with Crippen LogP contribution in [0.1, 0.15) is 12.8 Å². The Bertz CT molecular complexity index is 71.5. The van der Waals surface area contributed by atoms with Crippen LogP contribution in [0.4, 0.5) is 0 Å². The lowest BCUT2D eigenvalue weighted by Gasteiger charge is -1.87. The molecule has 0 atom stereocenters. The summed E-state index contributed by atoms with van der Waals surface area (Å²) in [6.07, 6.45) is 2.92. The van der Waals surface area contributed by atoms with Gasteiger partial charge in [0.05, 0.1) is 0 Å². The molecule has 0 amide bonds. The van der Waals surface area contributed by atoms with Crippen molar-refractivity contribution in [2.24, 2.45) is 5.92 Å². The molecule has 0 spiro atoms. The van der Waals surface area contributed by atoms with E-state index in [4.69, 9.17) is 9.90 Å². The van der Waals surface area contributed by atoms with Crippen LogP contribution in [-0.4, -0.2) is 25.2 Å². The fourth-order valence-electron chi connectivity index (χ4n) is 0.611. The predicted molar refractivity (Wildman–Crippen MR) is 35.3 cm³/mol. The summed E-state index contributed by atoms with van der Waals surface area (Å²) in [4.78, 5) is 8.36. The second kappa shape index (κ2) is 5.56. The summed E-state index contributed by atoms with van der Waals surface area (Å²) in [5.74, 6) is 1.04. The van der Waals surface area contributed by atoms with Crippen molar-refractivity contribution in [2.75, 3.05) is 13.6 Å². The van der Waals surface area contributed by atoms with Gasteiger partial charge in [0.15, 0.2) is 0 Å². The Morgan fingerprint density at radius 3 is 2.33 bits per heavy atom. The standard InChI is InChI=1S/C5H11N.CH2O2/c1-6-4-5-2-3-5;2-1-3/h5-6H,2-4H2,1H3;1H,(H,2,3). The zero-order valence-electron chi connectivity index (χ0n) is 5.63. The van der Waals surface area contributed by atoms with Gasteiger partial charge in [0.1, 0.15) is 0 Å². The van der Waals surface area contributed by atoms with E-state index in [1.807, 2.05) is 7.05 Å². The third-order valence-electron chi connectivity index (χ3n) is 1.19. The molecule has 1 rings (SSSR count). The summed E-state index contributed by atoms with van der Waals surface area (Å²) in [6.45, 7) is 0.986. The van der Waals surface area contributed by atoms with Gasteiger partial charge in [0.2, 0.25) is 0 Å². The lowest BCUT2D eigenvalue weighted by Crippen LogP contribution is -2.08. The highest BCUT2D eigenvalue weighted by molar-refractivity contribution is 5.32. The Morgan fingerprint density at radius 2 is 2.22 bits per heavy atom. The Kier molecular flexibility index (Phi) is 5.21. The molecule has 0 unspecified atom stereocenters. The van der Waals surface area contributed by atoms with Gasteiger partial charge in [-0.1, -0.05) is 0 Å². The topological polar surface area (TPSA) is 49.3 Å². The first-order valence-electron chi connectivity index (χ1n) is 3.07. The first-order valence-corrected chi connectivity index (χ1v) is 3.07. The summed E-state index contributed by atoms with van der Waals surface area (Å²) in [5.41, 5.74) is 0. The molecule has 3 heteroatoms. The van der Waals surface area contributed by atoms with Gasteiger partial charge in [-0.05, 0) is 32.4 Å². The molecule has 9 heavy (non-hydrogen) atoms. The molecule has 1 fully saturated rings. The monoisotopic (exact) mass is 131 g/mol. The first-order chi connectivity index (χ1) is 4.35. The van der Waals surface area contributed by atoms with Gasteiger partial charge in [-0.25, -0.2) is 0 Å². The molecular formula is C6H13NO2. The molecule has 3 nitrogen and oxygen atoms in total. The quantitative estimate of drug-likeness (QED) is 0.530. The van der Waals surface area contributed by atoms with Gasteiger partial charge in [-0.15, -0.1) is 0 Å². The van der Waals surface area contributed by atoms with E-state index < -0.39 is 0 Å². The number of nitrogens with one attached hydrogen (secondary N) is 1. The van der Waals surface area contributed by atoms with Crippen molar-refractivity contribution < 1.29 is 9.90 Å². The molecule has 1 saturated carbocycles. The van der Waals surface area contributed by atoms with Crippen LogP contribution in [0.5, 0.6) is 0 Å². The molecule has 0 heterocycles. The number of hydrogen-bond acceptors (Lipinski definition) is 2. The third-order valence-corrected chi connectivity index (χ3v) is 1.19. The SMILES string of the molecule is CNCC1CC1.O=CO. The van der Waals surface area contributed by atoms with E-state index in [9.17, 15) is 0 Å². The Labute approximate surface area is 55.1 Å². The smallest absolute Gasteiger partial charge is 0.290 e. The molecular weight excluding hydrogens is 118 g/mol. The molecule has 0 aromatic heterocycles. The highest BCUT2D eigenvalue weighted by Crippen LogP contribution is 2.27. The second-order valence-corrected chi connectivity index (χ2v) is 2.11. The maximum Gasteiger partial charge on any atom is 0.290 e.